The zero-order valence-electron chi connectivity index (χ0n) is 11.0. The zero-order chi connectivity index (χ0) is 13.2. The summed E-state index contributed by atoms with van der Waals surface area (Å²) < 4.78 is 0. The fourth-order valence-electron chi connectivity index (χ4n) is 2.02. The molecule has 1 aromatic rings. The minimum absolute atomic E-state index is 0.103. The second-order valence-corrected chi connectivity index (χ2v) is 4.47. The quantitative estimate of drug-likeness (QED) is 0.657. The average molecular weight is 248 g/mol. The van der Waals surface area contributed by atoms with Crippen molar-refractivity contribution in [1.82, 2.24) is 4.90 Å². The van der Waals surface area contributed by atoms with Gasteiger partial charge in [0.2, 0.25) is 0 Å². The lowest BCUT2D eigenvalue weighted by Crippen LogP contribution is -2.28. The Bertz CT molecular complexity index is 327. The van der Waals surface area contributed by atoms with Crippen molar-refractivity contribution in [1.29, 1.82) is 0 Å². The molecular formula is C15H24N2O. The Balaban J connectivity index is 2.29. The first-order valence-corrected chi connectivity index (χ1v) is 6.52. The Kier molecular flexibility index (Phi) is 7.34. The van der Waals surface area contributed by atoms with Crippen molar-refractivity contribution >= 4 is 0 Å². The van der Waals surface area contributed by atoms with Gasteiger partial charge in [-0.2, -0.15) is 0 Å². The van der Waals surface area contributed by atoms with Gasteiger partial charge >= 0.3 is 0 Å². The predicted octanol–water partition coefficient (Wildman–Crippen LogP) is 1.95. The van der Waals surface area contributed by atoms with Gasteiger partial charge in [0, 0.05) is 19.1 Å². The Morgan fingerprint density at radius 1 is 1.28 bits per heavy atom. The third-order valence-corrected chi connectivity index (χ3v) is 3.02. The van der Waals surface area contributed by atoms with Gasteiger partial charge in [0.1, 0.15) is 0 Å². The molecule has 3 heteroatoms. The first kappa shape index (κ1) is 14.9. The average Bonchev–Trinajstić information content (AvgIpc) is 2.40. The van der Waals surface area contributed by atoms with Crippen LogP contribution in [-0.4, -0.2) is 36.2 Å². The molecule has 0 bridgehead atoms. The molecule has 3 nitrogen and oxygen atoms in total. The fraction of sp³-hybridized carbons (Fsp3) is 0.467. The number of rotatable bonds is 9. The van der Waals surface area contributed by atoms with Crippen LogP contribution in [-0.2, 0) is 0 Å². The summed E-state index contributed by atoms with van der Waals surface area (Å²) in [6.07, 6.45) is 3.86. The minimum atomic E-state index is 0.103. The lowest BCUT2D eigenvalue weighted by Gasteiger charge is -2.20. The van der Waals surface area contributed by atoms with Gasteiger partial charge in [0.05, 0.1) is 6.61 Å². The van der Waals surface area contributed by atoms with E-state index in [0.29, 0.717) is 6.54 Å². The van der Waals surface area contributed by atoms with E-state index >= 15 is 0 Å². The summed E-state index contributed by atoms with van der Waals surface area (Å²) in [5.74, 6) is 0. The van der Waals surface area contributed by atoms with Crippen molar-refractivity contribution < 1.29 is 5.11 Å². The van der Waals surface area contributed by atoms with Crippen molar-refractivity contribution in [3.63, 3.8) is 0 Å². The molecule has 0 aliphatic carbocycles. The molecular weight excluding hydrogens is 224 g/mol. The highest BCUT2D eigenvalue weighted by atomic mass is 16.3. The Hall–Kier alpha value is -1.16. The molecule has 1 aromatic carbocycles. The van der Waals surface area contributed by atoms with Gasteiger partial charge in [-0.3, -0.25) is 4.90 Å². The van der Waals surface area contributed by atoms with Crippen LogP contribution in [0.25, 0.3) is 0 Å². The molecule has 0 saturated carbocycles. The van der Waals surface area contributed by atoms with Crippen molar-refractivity contribution in [3.05, 3.63) is 48.6 Å². The maximum Gasteiger partial charge on any atom is 0.0558 e. The molecule has 0 amide bonds. The van der Waals surface area contributed by atoms with Crippen molar-refractivity contribution in [2.24, 2.45) is 5.73 Å². The normalized spacial score (nSPS) is 12.6. The third kappa shape index (κ3) is 5.45. The Morgan fingerprint density at radius 3 is 2.61 bits per heavy atom. The number of aliphatic hydroxyl groups excluding tert-OH is 1. The topological polar surface area (TPSA) is 49.5 Å². The zero-order valence-corrected chi connectivity index (χ0v) is 11.0. The predicted molar refractivity (Wildman–Crippen MR) is 76.3 cm³/mol. The summed E-state index contributed by atoms with van der Waals surface area (Å²) in [5, 5.41) is 8.95. The summed E-state index contributed by atoms with van der Waals surface area (Å²) in [4.78, 5) is 2.19. The van der Waals surface area contributed by atoms with Gasteiger partial charge in [0.25, 0.3) is 0 Å². The van der Waals surface area contributed by atoms with Crippen LogP contribution >= 0.6 is 0 Å². The summed E-state index contributed by atoms with van der Waals surface area (Å²) in [6, 6.07) is 10.3. The molecule has 0 saturated heterocycles. The van der Waals surface area contributed by atoms with E-state index < -0.39 is 0 Å². The molecule has 3 N–H and O–H groups in total. The van der Waals surface area contributed by atoms with Gasteiger partial charge in [0.15, 0.2) is 0 Å². The van der Waals surface area contributed by atoms with E-state index in [1.807, 2.05) is 24.3 Å². The number of nitrogens with two attached hydrogens (primary N) is 1. The molecule has 0 aliphatic rings. The molecule has 18 heavy (non-hydrogen) atoms. The first-order chi connectivity index (χ1) is 8.77. The number of nitrogens with zero attached hydrogens (tertiary/aromatic N) is 1. The second kappa shape index (κ2) is 8.86. The summed E-state index contributed by atoms with van der Waals surface area (Å²) in [7, 11) is 0. The Labute approximate surface area is 110 Å². The van der Waals surface area contributed by atoms with E-state index in [1.54, 1.807) is 0 Å². The summed E-state index contributed by atoms with van der Waals surface area (Å²) in [5.41, 5.74) is 7.33. The smallest absolute Gasteiger partial charge is 0.0558 e. The summed E-state index contributed by atoms with van der Waals surface area (Å²) in [6.45, 7) is 6.39. The largest absolute Gasteiger partial charge is 0.395 e. The molecule has 100 valence electrons. The molecule has 0 radical (unpaired) electrons. The molecule has 1 atom stereocenters. The van der Waals surface area contributed by atoms with E-state index in [1.165, 1.54) is 5.56 Å². The van der Waals surface area contributed by atoms with Crippen LogP contribution < -0.4 is 5.73 Å². The van der Waals surface area contributed by atoms with Crippen LogP contribution in [0.15, 0.2) is 43.0 Å². The first-order valence-electron chi connectivity index (χ1n) is 6.52. The van der Waals surface area contributed by atoms with E-state index in [2.05, 4.69) is 23.6 Å². The van der Waals surface area contributed by atoms with Crippen molar-refractivity contribution in [3.8, 4) is 0 Å². The van der Waals surface area contributed by atoms with E-state index in [9.17, 15) is 0 Å². The number of hydrogen-bond donors (Lipinski definition) is 2. The number of hydrogen-bond acceptors (Lipinski definition) is 3. The van der Waals surface area contributed by atoms with Crippen LogP contribution in [0.5, 0.6) is 0 Å². The van der Waals surface area contributed by atoms with E-state index in [4.69, 9.17) is 10.8 Å². The van der Waals surface area contributed by atoms with Crippen molar-refractivity contribution in [2.45, 2.75) is 18.9 Å². The van der Waals surface area contributed by atoms with E-state index in [-0.39, 0.29) is 12.6 Å². The lowest BCUT2D eigenvalue weighted by molar-refractivity contribution is 0.205. The van der Waals surface area contributed by atoms with Crippen LogP contribution in [0.1, 0.15) is 24.4 Å². The van der Waals surface area contributed by atoms with Crippen LogP contribution in [0.4, 0.5) is 0 Å². The van der Waals surface area contributed by atoms with Gasteiger partial charge in [-0.1, -0.05) is 36.4 Å². The molecule has 0 fully saturated rings. The van der Waals surface area contributed by atoms with Crippen LogP contribution in [0.2, 0.25) is 0 Å². The summed E-state index contributed by atoms with van der Waals surface area (Å²) >= 11 is 0. The highest BCUT2D eigenvalue weighted by Crippen LogP contribution is 2.15. The van der Waals surface area contributed by atoms with E-state index in [0.717, 1.165) is 25.9 Å². The van der Waals surface area contributed by atoms with Crippen molar-refractivity contribution in [2.75, 3.05) is 26.2 Å². The highest BCUT2D eigenvalue weighted by Gasteiger charge is 2.07. The molecule has 1 rings (SSSR count). The standard InChI is InChI=1S/C15H24N2O/c1-2-10-17(12-13-18)11-6-9-15(16)14-7-4-3-5-8-14/h2-5,7-8,15,18H,1,6,9-13,16H2. The van der Waals surface area contributed by atoms with Gasteiger partial charge < -0.3 is 10.8 Å². The highest BCUT2D eigenvalue weighted by molar-refractivity contribution is 5.18. The molecule has 1 unspecified atom stereocenters. The molecule has 0 spiro atoms. The Morgan fingerprint density at radius 2 is 2.00 bits per heavy atom. The minimum Gasteiger partial charge on any atom is -0.395 e. The maximum absolute atomic E-state index is 8.95. The lowest BCUT2D eigenvalue weighted by atomic mass is 10.0. The monoisotopic (exact) mass is 248 g/mol. The van der Waals surface area contributed by atoms with Crippen LogP contribution in [0.3, 0.4) is 0 Å². The number of aliphatic hydroxyl groups is 1. The fourth-order valence-corrected chi connectivity index (χ4v) is 2.02. The second-order valence-electron chi connectivity index (χ2n) is 4.47. The SMILES string of the molecule is C=CCN(CCO)CCCC(N)c1ccccc1. The van der Waals surface area contributed by atoms with Gasteiger partial charge in [-0.05, 0) is 24.9 Å². The number of benzene rings is 1. The molecule has 0 aromatic heterocycles. The third-order valence-electron chi connectivity index (χ3n) is 3.02. The molecule has 0 aliphatic heterocycles. The van der Waals surface area contributed by atoms with Gasteiger partial charge in [-0.15, -0.1) is 6.58 Å². The van der Waals surface area contributed by atoms with Crippen LogP contribution in [0, 0.1) is 0 Å². The maximum atomic E-state index is 8.95. The molecule has 0 heterocycles. The van der Waals surface area contributed by atoms with Gasteiger partial charge in [-0.25, -0.2) is 0 Å².